The molecule has 0 unspecified atom stereocenters. The number of hydrogen-bond donors (Lipinski definition) is 0. The maximum atomic E-state index is 11.5. The molecule has 3 aliphatic carbocycles. The number of aryl methyl sites for hydroxylation is 3. The molecule has 0 saturated heterocycles. The zero-order chi connectivity index (χ0) is 31.1. The van der Waals surface area contributed by atoms with Gasteiger partial charge in [-0.15, -0.1) is 11.3 Å². The van der Waals surface area contributed by atoms with E-state index in [1.807, 2.05) is 12.1 Å². The molecule has 9 nitrogen and oxygen atoms in total. The summed E-state index contributed by atoms with van der Waals surface area (Å²) in [6.45, 7) is 2.41. The van der Waals surface area contributed by atoms with E-state index in [0.717, 1.165) is 65.5 Å². The van der Waals surface area contributed by atoms with Crippen LogP contribution in [0.25, 0.3) is 21.3 Å². The third-order valence-corrected chi connectivity index (χ3v) is 10.8. The SMILES string of the molecule is CC(=O)N(C)c1ncnc2sc3c(c12)CCCC3.COc1ccc(Cn2c3c(c4c(N(C)C5CC5)ncnc42)CCCC3)cc1. The van der Waals surface area contributed by atoms with Crippen LogP contribution in [0.1, 0.15) is 72.7 Å². The molecule has 0 bridgehead atoms. The summed E-state index contributed by atoms with van der Waals surface area (Å²) in [4.78, 5) is 36.1. The van der Waals surface area contributed by atoms with Gasteiger partial charge in [0.1, 0.15) is 40.5 Å². The molecule has 1 saturated carbocycles. The molecular formula is C35H41N7O2S. The summed E-state index contributed by atoms with van der Waals surface area (Å²) < 4.78 is 7.73. The highest BCUT2D eigenvalue weighted by molar-refractivity contribution is 7.19. The van der Waals surface area contributed by atoms with E-state index < -0.39 is 0 Å². The molecule has 5 aromatic rings. The van der Waals surface area contributed by atoms with Gasteiger partial charge in [-0.2, -0.15) is 0 Å². The van der Waals surface area contributed by atoms with Crippen molar-refractivity contribution in [1.29, 1.82) is 0 Å². The van der Waals surface area contributed by atoms with Crippen LogP contribution in [0.2, 0.25) is 0 Å². The average Bonchev–Trinajstić information content (AvgIpc) is 3.79. The Balaban J connectivity index is 0.000000157. The number of benzene rings is 1. The quantitative estimate of drug-likeness (QED) is 0.213. The first kappa shape index (κ1) is 29.6. The number of carbonyl (C=O) groups is 1. The molecule has 4 aromatic heterocycles. The van der Waals surface area contributed by atoms with Crippen LogP contribution in [0.4, 0.5) is 11.6 Å². The average molecular weight is 624 g/mol. The van der Waals surface area contributed by atoms with Crippen LogP contribution in [0.15, 0.2) is 36.9 Å². The summed E-state index contributed by atoms with van der Waals surface area (Å²) in [5.41, 5.74) is 6.67. The van der Waals surface area contributed by atoms with Crippen LogP contribution < -0.4 is 14.5 Å². The van der Waals surface area contributed by atoms with Gasteiger partial charge in [-0.05, 0) is 93.0 Å². The predicted molar refractivity (Wildman–Crippen MR) is 181 cm³/mol. The molecule has 8 rings (SSSR count). The van der Waals surface area contributed by atoms with Crippen molar-refractivity contribution in [1.82, 2.24) is 24.5 Å². The molecule has 0 atom stereocenters. The van der Waals surface area contributed by atoms with Crippen molar-refractivity contribution < 1.29 is 9.53 Å². The summed E-state index contributed by atoms with van der Waals surface area (Å²) in [7, 11) is 5.67. The van der Waals surface area contributed by atoms with E-state index in [1.54, 1.807) is 50.0 Å². The topological polar surface area (TPSA) is 89.3 Å². The van der Waals surface area contributed by atoms with Crippen LogP contribution in [-0.4, -0.2) is 57.7 Å². The number of methoxy groups -OCH3 is 1. The summed E-state index contributed by atoms with van der Waals surface area (Å²) >= 11 is 1.75. The van der Waals surface area contributed by atoms with Gasteiger partial charge in [-0.25, -0.2) is 19.9 Å². The van der Waals surface area contributed by atoms with Crippen molar-refractivity contribution in [3.8, 4) is 5.75 Å². The molecule has 3 aliphatic rings. The first-order chi connectivity index (χ1) is 21.9. The highest BCUT2D eigenvalue weighted by Crippen LogP contribution is 2.40. The molecule has 1 fully saturated rings. The van der Waals surface area contributed by atoms with Crippen molar-refractivity contribution in [2.24, 2.45) is 0 Å². The van der Waals surface area contributed by atoms with Gasteiger partial charge in [0.15, 0.2) is 0 Å². The Bertz CT molecular complexity index is 1860. The molecule has 0 radical (unpaired) electrons. The number of aromatic nitrogens is 5. The molecular weight excluding hydrogens is 582 g/mol. The van der Waals surface area contributed by atoms with Gasteiger partial charge in [0.2, 0.25) is 5.91 Å². The van der Waals surface area contributed by atoms with Gasteiger partial charge in [0.05, 0.1) is 17.9 Å². The lowest BCUT2D eigenvalue weighted by Gasteiger charge is -2.19. The number of amides is 1. The molecule has 234 valence electrons. The summed E-state index contributed by atoms with van der Waals surface area (Å²) in [6, 6.07) is 9.02. The van der Waals surface area contributed by atoms with Gasteiger partial charge >= 0.3 is 0 Å². The number of nitrogens with zero attached hydrogens (tertiary/aromatic N) is 7. The lowest BCUT2D eigenvalue weighted by Crippen LogP contribution is -2.24. The first-order valence-electron chi connectivity index (χ1n) is 16.1. The third kappa shape index (κ3) is 5.65. The number of rotatable bonds is 6. The maximum absolute atomic E-state index is 11.5. The fourth-order valence-corrected chi connectivity index (χ4v) is 8.11. The van der Waals surface area contributed by atoms with Crippen molar-refractivity contribution >= 4 is 50.1 Å². The van der Waals surface area contributed by atoms with E-state index in [0.29, 0.717) is 6.04 Å². The number of thiophene rings is 1. The Hall–Kier alpha value is -4.05. The minimum Gasteiger partial charge on any atom is -0.497 e. The number of anilines is 2. The zero-order valence-corrected chi connectivity index (χ0v) is 27.5. The van der Waals surface area contributed by atoms with E-state index in [1.165, 1.54) is 71.2 Å². The van der Waals surface area contributed by atoms with Crippen LogP contribution in [0.5, 0.6) is 5.75 Å². The summed E-state index contributed by atoms with van der Waals surface area (Å²) in [5.74, 6) is 2.78. The molecule has 1 aromatic carbocycles. The highest BCUT2D eigenvalue weighted by Gasteiger charge is 2.31. The zero-order valence-electron chi connectivity index (χ0n) is 26.7. The van der Waals surface area contributed by atoms with E-state index in [-0.39, 0.29) is 5.91 Å². The number of ether oxygens (including phenoxy) is 1. The molecule has 0 N–H and O–H groups in total. The van der Waals surface area contributed by atoms with Crippen molar-refractivity contribution in [3.63, 3.8) is 0 Å². The molecule has 10 heteroatoms. The molecule has 45 heavy (non-hydrogen) atoms. The summed E-state index contributed by atoms with van der Waals surface area (Å²) in [6.07, 6.45) is 15.3. The van der Waals surface area contributed by atoms with E-state index in [4.69, 9.17) is 14.7 Å². The van der Waals surface area contributed by atoms with Crippen LogP contribution in [0.3, 0.4) is 0 Å². The number of fused-ring (bicyclic) bond motifs is 6. The fourth-order valence-electron chi connectivity index (χ4n) is 6.89. The second-order valence-corrected chi connectivity index (χ2v) is 13.6. The van der Waals surface area contributed by atoms with Crippen LogP contribution in [-0.2, 0) is 37.0 Å². The standard InChI is InChI=1S/C22H26N4O.C13H15N3OS/c1-25(16-9-10-16)21-20-18-5-3-4-6-19(18)26(22(20)24-14-23-21)13-15-7-11-17(27-2)12-8-15;1-8(17)16(2)12-11-9-5-3-4-6-10(9)18-13(11)15-7-14-12/h7-8,11-12,14,16H,3-6,9-10,13H2,1-2H3;7H,3-6H2,1-2H3. The second kappa shape index (κ2) is 12.4. The van der Waals surface area contributed by atoms with Gasteiger partial charge in [-0.3, -0.25) is 9.69 Å². The molecule has 0 aliphatic heterocycles. The number of carbonyl (C=O) groups excluding carboxylic acids is 1. The fraction of sp³-hybridized carbons (Fsp3) is 0.457. The summed E-state index contributed by atoms with van der Waals surface area (Å²) in [5, 5.41) is 2.38. The lowest BCUT2D eigenvalue weighted by atomic mass is 9.96. The molecule has 0 spiro atoms. The van der Waals surface area contributed by atoms with Crippen LogP contribution in [0, 0.1) is 0 Å². The second-order valence-electron chi connectivity index (χ2n) is 12.5. The first-order valence-corrected chi connectivity index (χ1v) is 17.0. The van der Waals surface area contributed by atoms with E-state index in [9.17, 15) is 4.79 Å². The van der Waals surface area contributed by atoms with Crippen LogP contribution >= 0.6 is 11.3 Å². The van der Waals surface area contributed by atoms with Crippen molar-refractivity contribution in [2.75, 3.05) is 31.0 Å². The number of hydrogen-bond acceptors (Lipinski definition) is 8. The van der Waals surface area contributed by atoms with E-state index in [2.05, 4.69) is 38.6 Å². The lowest BCUT2D eigenvalue weighted by molar-refractivity contribution is -0.116. The smallest absolute Gasteiger partial charge is 0.224 e. The molecule has 4 heterocycles. The van der Waals surface area contributed by atoms with Gasteiger partial charge < -0.3 is 14.2 Å². The minimum atomic E-state index is 0.00533. The highest BCUT2D eigenvalue weighted by atomic mass is 32.1. The Morgan fingerprint density at radius 2 is 1.58 bits per heavy atom. The van der Waals surface area contributed by atoms with Crippen molar-refractivity contribution in [2.45, 2.75) is 83.7 Å². The Morgan fingerprint density at radius 3 is 2.31 bits per heavy atom. The Kier molecular flexibility index (Phi) is 8.16. The molecule has 1 amide bonds. The largest absolute Gasteiger partial charge is 0.497 e. The maximum Gasteiger partial charge on any atom is 0.224 e. The Labute approximate surface area is 268 Å². The van der Waals surface area contributed by atoms with Gasteiger partial charge in [0.25, 0.3) is 0 Å². The monoisotopic (exact) mass is 623 g/mol. The normalized spacial score (nSPS) is 15.6. The van der Waals surface area contributed by atoms with Crippen molar-refractivity contribution in [3.05, 3.63) is 64.2 Å². The predicted octanol–water partition coefficient (Wildman–Crippen LogP) is 6.52. The van der Waals surface area contributed by atoms with E-state index >= 15 is 0 Å². The van der Waals surface area contributed by atoms with Gasteiger partial charge in [-0.1, -0.05) is 12.1 Å². The minimum absolute atomic E-state index is 0.00533. The third-order valence-electron chi connectivity index (χ3n) is 9.58. The Morgan fingerprint density at radius 1 is 0.889 bits per heavy atom. The van der Waals surface area contributed by atoms with Gasteiger partial charge in [0, 0.05) is 44.2 Å².